The average Bonchev–Trinajstić information content (AvgIpc) is 3.14. The van der Waals surface area contributed by atoms with Gasteiger partial charge in [0.2, 0.25) is 0 Å². The van der Waals surface area contributed by atoms with Crippen LogP contribution in [0.15, 0.2) is 0 Å². The number of carboxylic acid groups (broad SMARTS) is 1. The van der Waals surface area contributed by atoms with Gasteiger partial charge in [0.25, 0.3) is 0 Å². The zero-order valence-corrected chi connectivity index (χ0v) is 12.7. The molecule has 20 heavy (non-hydrogen) atoms. The van der Waals surface area contributed by atoms with Crippen molar-refractivity contribution < 1.29 is 19.4 Å². The summed E-state index contributed by atoms with van der Waals surface area (Å²) in [6, 6.07) is -1.00. The summed E-state index contributed by atoms with van der Waals surface area (Å²) in [6.45, 7) is 4.78. The van der Waals surface area contributed by atoms with E-state index in [1.54, 1.807) is 11.8 Å². The molecular formula is C13H22N2O4S. The van der Waals surface area contributed by atoms with Crippen molar-refractivity contribution in [2.75, 3.05) is 18.9 Å². The van der Waals surface area contributed by atoms with E-state index in [0.29, 0.717) is 24.8 Å². The number of urea groups is 1. The van der Waals surface area contributed by atoms with Gasteiger partial charge >= 0.3 is 12.0 Å². The van der Waals surface area contributed by atoms with Gasteiger partial charge in [0, 0.05) is 18.9 Å². The smallest absolute Gasteiger partial charge is 0.327 e. The molecule has 0 bridgehead atoms. The van der Waals surface area contributed by atoms with Crippen LogP contribution in [0.4, 0.5) is 4.79 Å². The summed E-state index contributed by atoms with van der Waals surface area (Å²) in [6.07, 6.45) is 2.11. The van der Waals surface area contributed by atoms with Crippen LogP contribution in [0.1, 0.15) is 26.7 Å². The van der Waals surface area contributed by atoms with E-state index in [2.05, 4.69) is 5.32 Å². The van der Waals surface area contributed by atoms with Crippen molar-refractivity contribution >= 4 is 23.8 Å². The van der Waals surface area contributed by atoms with E-state index in [0.717, 1.165) is 12.8 Å². The molecule has 7 heteroatoms. The third-order valence-electron chi connectivity index (χ3n) is 3.57. The summed E-state index contributed by atoms with van der Waals surface area (Å²) >= 11 is 1.58. The van der Waals surface area contributed by atoms with Gasteiger partial charge in [0.05, 0.1) is 11.5 Å². The summed E-state index contributed by atoms with van der Waals surface area (Å²) in [4.78, 5) is 25.1. The first kappa shape index (κ1) is 15.4. The Morgan fingerprint density at radius 2 is 2.20 bits per heavy atom. The number of rotatable bonds is 6. The number of amides is 2. The Hall–Kier alpha value is -0.950. The summed E-state index contributed by atoms with van der Waals surface area (Å²) in [5.41, 5.74) is 0. The predicted molar refractivity (Wildman–Crippen MR) is 76.7 cm³/mol. The Labute approximate surface area is 123 Å². The molecule has 0 aromatic heterocycles. The number of thioether (sulfide) groups is 1. The molecule has 2 fully saturated rings. The maximum absolute atomic E-state index is 12.3. The van der Waals surface area contributed by atoms with Crippen LogP contribution in [0.3, 0.4) is 0 Å². The summed E-state index contributed by atoms with van der Waals surface area (Å²) in [7, 11) is 0. The molecule has 2 aliphatic rings. The molecule has 1 saturated heterocycles. The molecule has 6 nitrogen and oxygen atoms in total. The lowest BCUT2D eigenvalue weighted by atomic mass is 10.2. The Bertz CT molecular complexity index is 375. The maximum atomic E-state index is 12.3. The molecule has 3 atom stereocenters. The third kappa shape index (κ3) is 3.58. The first-order chi connectivity index (χ1) is 9.54. The van der Waals surface area contributed by atoms with Gasteiger partial charge in [0.15, 0.2) is 0 Å². The molecule has 2 rings (SSSR count). The molecule has 3 unspecified atom stereocenters. The van der Waals surface area contributed by atoms with E-state index in [-0.39, 0.29) is 17.5 Å². The van der Waals surface area contributed by atoms with E-state index in [9.17, 15) is 14.7 Å². The van der Waals surface area contributed by atoms with Gasteiger partial charge in [-0.3, -0.25) is 4.90 Å². The minimum Gasteiger partial charge on any atom is -0.480 e. The van der Waals surface area contributed by atoms with E-state index in [1.807, 2.05) is 13.8 Å². The molecule has 1 aliphatic heterocycles. The summed E-state index contributed by atoms with van der Waals surface area (Å²) in [5, 5.41) is 12.1. The Kier molecular flexibility index (Phi) is 5.15. The molecule has 2 amide bonds. The minimum absolute atomic E-state index is 0.0125. The van der Waals surface area contributed by atoms with Crippen molar-refractivity contribution in [3.05, 3.63) is 0 Å². The van der Waals surface area contributed by atoms with Crippen LogP contribution in [0, 0.1) is 5.92 Å². The fourth-order valence-electron chi connectivity index (χ4n) is 2.39. The van der Waals surface area contributed by atoms with Gasteiger partial charge in [-0.25, -0.2) is 9.59 Å². The second-order valence-electron chi connectivity index (χ2n) is 5.27. The number of aliphatic carboxylic acids is 1. The Morgan fingerprint density at radius 1 is 1.50 bits per heavy atom. The van der Waals surface area contributed by atoms with Gasteiger partial charge in [-0.2, -0.15) is 0 Å². The van der Waals surface area contributed by atoms with Crippen LogP contribution in [0.5, 0.6) is 0 Å². The quantitative estimate of drug-likeness (QED) is 0.774. The van der Waals surface area contributed by atoms with Gasteiger partial charge in [0.1, 0.15) is 6.04 Å². The maximum Gasteiger partial charge on any atom is 0.327 e. The number of ether oxygens (including phenoxy) is 1. The highest BCUT2D eigenvalue weighted by Gasteiger charge is 2.48. The largest absolute Gasteiger partial charge is 0.480 e. The normalized spacial score (nSPS) is 27.4. The van der Waals surface area contributed by atoms with Crippen LogP contribution in [-0.4, -0.2) is 58.4 Å². The van der Waals surface area contributed by atoms with Crippen LogP contribution in [0.2, 0.25) is 0 Å². The molecule has 0 radical (unpaired) electrons. The first-order valence-electron chi connectivity index (χ1n) is 7.06. The van der Waals surface area contributed by atoms with E-state index < -0.39 is 12.0 Å². The standard InChI is InChI=1S/C13H22N2O4S/c1-3-19-8(2)6-14-13(18)15-10(12(16)17)7-20-11(15)9-4-5-9/h8-11H,3-7H2,1-2H3,(H,14,18)(H,16,17). The molecule has 1 aliphatic carbocycles. The number of hydrogen-bond donors (Lipinski definition) is 2. The predicted octanol–water partition coefficient (Wildman–Crippen LogP) is 1.36. The molecule has 2 N–H and O–H groups in total. The fraction of sp³-hybridized carbons (Fsp3) is 0.846. The topological polar surface area (TPSA) is 78.9 Å². The van der Waals surface area contributed by atoms with Crippen molar-refractivity contribution in [2.24, 2.45) is 5.92 Å². The van der Waals surface area contributed by atoms with Crippen molar-refractivity contribution in [2.45, 2.75) is 44.2 Å². The van der Waals surface area contributed by atoms with E-state index in [4.69, 9.17) is 4.74 Å². The number of hydrogen-bond acceptors (Lipinski definition) is 4. The van der Waals surface area contributed by atoms with Crippen LogP contribution >= 0.6 is 11.8 Å². The number of nitrogens with one attached hydrogen (secondary N) is 1. The van der Waals surface area contributed by atoms with Gasteiger partial charge < -0.3 is 15.2 Å². The molecule has 0 aromatic carbocycles. The minimum atomic E-state index is -0.923. The molecule has 0 spiro atoms. The zero-order valence-electron chi connectivity index (χ0n) is 11.9. The van der Waals surface area contributed by atoms with Gasteiger partial charge in [-0.1, -0.05) is 0 Å². The van der Waals surface area contributed by atoms with Crippen molar-refractivity contribution in [1.82, 2.24) is 10.2 Å². The summed E-state index contributed by atoms with van der Waals surface area (Å²) < 4.78 is 5.36. The van der Waals surface area contributed by atoms with Crippen molar-refractivity contribution in [3.63, 3.8) is 0 Å². The number of carboxylic acids is 1. The lowest BCUT2D eigenvalue weighted by molar-refractivity contribution is -0.141. The van der Waals surface area contributed by atoms with E-state index >= 15 is 0 Å². The highest BCUT2D eigenvalue weighted by Crippen LogP contribution is 2.45. The monoisotopic (exact) mass is 302 g/mol. The fourth-order valence-corrected chi connectivity index (χ4v) is 4.02. The summed E-state index contributed by atoms with van der Waals surface area (Å²) in [5.74, 6) is 0.0124. The highest BCUT2D eigenvalue weighted by atomic mass is 32.2. The van der Waals surface area contributed by atoms with Crippen LogP contribution < -0.4 is 5.32 Å². The molecule has 114 valence electrons. The van der Waals surface area contributed by atoms with E-state index in [1.165, 1.54) is 4.90 Å². The molecule has 1 heterocycles. The molecular weight excluding hydrogens is 280 g/mol. The zero-order chi connectivity index (χ0) is 14.7. The second kappa shape index (κ2) is 6.67. The highest BCUT2D eigenvalue weighted by molar-refractivity contribution is 8.00. The first-order valence-corrected chi connectivity index (χ1v) is 8.11. The van der Waals surface area contributed by atoms with Gasteiger partial charge in [-0.05, 0) is 32.6 Å². The number of carbonyl (C=O) groups excluding carboxylic acids is 1. The lowest BCUT2D eigenvalue weighted by Gasteiger charge is -2.28. The second-order valence-corrected chi connectivity index (χ2v) is 6.42. The van der Waals surface area contributed by atoms with Crippen LogP contribution in [0.25, 0.3) is 0 Å². The molecule has 0 aromatic rings. The third-order valence-corrected chi connectivity index (χ3v) is 5.03. The Balaban J connectivity index is 1.94. The SMILES string of the molecule is CCOC(C)CNC(=O)N1C(C(=O)O)CSC1C1CC1. The number of nitrogens with zero attached hydrogens (tertiary/aromatic N) is 1. The molecule has 1 saturated carbocycles. The number of carbonyl (C=O) groups is 2. The van der Waals surface area contributed by atoms with Gasteiger partial charge in [-0.15, -0.1) is 11.8 Å². The average molecular weight is 302 g/mol. The van der Waals surface area contributed by atoms with Crippen LogP contribution in [-0.2, 0) is 9.53 Å². The van der Waals surface area contributed by atoms with Crippen molar-refractivity contribution in [1.29, 1.82) is 0 Å². The lowest BCUT2D eigenvalue weighted by Crippen LogP contribution is -2.51. The van der Waals surface area contributed by atoms with Crippen molar-refractivity contribution in [3.8, 4) is 0 Å². The Morgan fingerprint density at radius 3 is 2.75 bits per heavy atom.